The Hall–Kier alpha value is -1.39. The van der Waals surface area contributed by atoms with E-state index in [0.29, 0.717) is 6.54 Å². The van der Waals surface area contributed by atoms with Crippen molar-refractivity contribution in [3.05, 3.63) is 35.2 Å². The van der Waals surface area contributed by atoms with Gasteiger partial charge in [-0.1, -0.05) is 6.92 Å². The molecule has 0 fully saturated rings. The number of hydrogen-bond acceptors (Lipinski definition) is 3. The van der Waals surface area contributed by atoms with E-state index in [1.807, 2.05) is 36.6 Å². The summed E-state index contributed by atoms with van der Waals surface area (Å²) in [5, 5.41) is 9.23. The Labute approximate surface area is 105 Å². The van der Waals surface area contributed by atoms with Gasteiger partial charge in [0.05, 0.1) is 0 Å². The third-order valence-corrected chi connectivity index (χ3v) is 3.45. The highest BCUT2D eigenvalue weighted by molar-refractivity contribution is 7.17. The van der Waals surface area contributed by atoms with Gasteiger partial charge in [0.1, 0.15) is 0 Å². The zero-order valence-corrected chi connectivity index (χ0v) is 10.6. The van der Waals surface area contributed by atoms with Crippen LogP contribution in [0.2, 0.25) is 0 Å². The number of carbonyl (C=O) groups is 1. The van der Waals surface area contributed by atoms with Crippen LogP contribution < -0.4 is 10.6 Å². The number of nitrogens with one attached hydrogen (secondary N) is 2. The molecule has 17 heavy (non-hydrogen) atoms. The average Bonchev–Trinajstić information content (AvgIpc) is 2.81. The fourth-order valence-corrected chi connectivity index (χ4v) is 2.42. The van der Waals surface area contributed by atoms with Gasteiger partial charge in [0.25, 0.3) is 5.91 Å². The molecule has 0 spiro atoms. The molecule has 1 aromatic carbocycles. The molecular weight excluding hydrogens is 232 g/mol. The Balaban J connectivity index is 1.98. The first-order valence-corrected chi connectivity index (χ1v) is 6.65. The van der Waals surface area contributed by atoms with Crippen molar-refractivity contribution in [2.24, 2.45) is 0 Å². The Morgan fingerprint density at radius 3 is 3.00 bits per heavy atom. The zero-order valence-electron chi connectivity index (χ0n) is 9.82. The topological polar surface area (TPSA) is 41.1 Å². The summed E-state index contributed by atoms with van der Waals surface area (Å²) in [6, 6.07) is 7.85. The number of thiophene rings is 1. The van der Waals surface area contributed by atoms with E-state index in [4.69, 9.17) is 0 Å². The normalized spacial score (nSPS) is 10.6. The fraction of sp³-hybridized carbons (Fsp3) is 0.308. The van der Waals surface area contributed by atoms with Gasteiger partial charge in [-0.3, -0.25) is 4.79 Å². The summed E-state index contributed by atoms with van der Waals surface area (Å²) in [5.74, 6) is -0.00370. The molecular formula is C13H16N2OS. The molecule has 90 valence electrons. The molecule has 1 amide bonds. The molecule has 4 heteroatoms. The van der Waals surface area contributed by atoms with Gasteiger partial charge >= 0.3 is 0 Å². The molecule has 0 radical (unpaired) electrons. The lowest BCUT2D eigenvalue weighted by Crippen LogP contribution is -2.31. The lowest BCUT2D eigenvalue weighted by atomic mass is 10.1. The number of hydrogen-bond donors (Lipinski definition) is 2. The standard InChI is InChI=1S/C13H16N2OS/c1-2-14-6-7-15-13(16)11-3-4-12-10(9-11)5-8-17-12/h3-5,8-9,14H,2,6-7H2,1H3,(H,15,16). The average molecular weight is 248 g/mol. The van der Waals surface area contributed by atoms with Crippen molar-refractivity contribution in [1.82, 2.24) is 10.6 Å². The smallest absolute Gasteiger partial charge is 0.251 e. The van der Waals surface area contributed by atoms with Crippen molar-refractivity contribution < 1.29 is 4.79 Å². The van der Waals surface area contributed by atoms with Crippen LogP contribution >= 0.6 is 11.3 Å². The number of likely N-dealkylation sites (N-methyl/N-ethyl adjacent to an activating group) is 1. The van der Waals surface area contributed by atoms with E-state index in [1.165, 1.54) is 4.70 Å². The van der Waals surface area contributed by atoms with E-state index in [0.717, 1.165) is 24.0 Å². The van der Waals surface area contributed by atoms with Crippen LogP contribution in [0.5, 0.6) is 0 Å². The van der Waals surface area contributed by atoms with Gasteiger partial charge in [-0.15, -0.1) is 11.3 Å². The number of carbonyl (C=O) groups excluding carboxylic acids is 1. The molecule has 0 unspecified atom stereocenters. The molecule has 2 rings (SSSR count). The van der Waals surface area contributed by atoms with Crippen molar-refractivity contribution in [2.45, 2.75) is 6.92 Å². The first-order valence-electron chi connectivity index (χ1n) is 5.77. The summed E-state index contributed by atoms with van der Waals surface area (Å²) < 4.78 is 1.22. The molecule has 2 aromatic rings. The van der Waals surface area contributed by atoms with Gasteiger partial charge < -0.3 is 10.6 Å². The summed E-state index contributed by atoms with van der Waals surface area (Å²) >= 11 is 1.69. The summed E-state index contributed by atoms with van der Waals surface area (Å²) in [7, 11) is 0. The van der Waals surface area contributed by atoms with Crippen LogP contribution in [0.4, 0.5) is 0 Å². The van der Waals surface area contributed by atoms with Crippen LogP contribution in [0.1, 0.15) is 17.3 Å². The summed E-state index contributed by atoms with van der Waals surface area (Å²) in [5.41, 5.74) is 0.729. The van der Waals surface area contributed by atoms with Crippen LogP contribution in [-0.4, -0.2) is 25.5 Å². The minimum absolute atomic E-state index is 0.00370. The third kappa shape index (κ3) is 3.05. The van der Waals surface area contributed by atoms with E-state index in [2.05, 4.69) is 10.6 Å². The van der Waals surface area contributed by atoms with E-state index in [1.54, 1.807) is 11.3 Å². The summed E-state index contributed by atoms with van der Waals surface area (Å²) in [4.78, 5) is 11.8. The van der Waals surface area contributed by atoms with Gasteiger partial charge in [0.15, 0.2) is 0 Å². The lowest BCUT2D eigenvalue weighted by Gasteiger charge is -2.05. The first kappa shape index (κ1) is 12.1. The van der Waals surface area contributed by atoms with E-state index in [9.17, 15) is 4.79 Å². The molecule has 0 aliphatic rings. The molecule has 2 N–H and O–H groups in total. The predicted octanol–water partition coefficient (Wildman–Crippen LogP) is 2.24. The fourth-order valence-electron chi connectivity index (χ4n) is 1.65. The molecule has 0 bridgehead atoms. The van der Waals surface area contributed by atoms with Crippen LogP contribution in [0.3, 0.4) is 0 Å². The molecule has 0 saturated carbocycles. The summed E-state index contributed by atoms with van der Waals surface area (Å²) in [6.07, 6.45) is 0. The van der Waals surface area contributed by atoms with Gasteiger partial charge in [-0.25, -0.2) is 0 Å². The van der Waals surface area contributed by atoms with Crippen molar-refractivity contribution in [3.63, 3.8) is 0 Å². The quantitative estimate of drug-likeness (QED) is 0.797. The van der Waals surface area contributed by atoms with E-state index >= 15 is 0 Å². The monoisotopic (exact) mass is 248 g/mol. The number of rotatable bonds is 5. The minimum Gasteiger partial charge on any atom is -0.351 e. The SMILES string of the molecule is CCNCCNC(=O)c1ccc2sccc2c1. The first-order chi connectivity index (χ1) is 8.31. The number of amides is 1. The molecule has 3 nitrogen and oxygen atoms in total. The van der Waals surface area contributed by atoms with Crippen molar-refractivity contribution >= 4 is 27.3 Å². The van der Waals surface area contributed by atoms with Crippen LogP contribution in [0.25, 0.3) is 10.1 Å². The van der Waals surface area contributed by atoms with Crippen LogP contribution in [0.15, 0.2) is 29.6 Å². The van der Waals surface area contributed by atoms with Gasteiger partial charge in [0.2, 0.25) is 0 Å². The number of benzene rings is 1. The van der Waals surface area contributed by atoms with Crippen molar-refractivity contribution in [2.75, 3.05) is 19.6 Å². The molecule has 0 aliphatic carbocycles. The highest BCUT2D eigenvalue weighted by Crippen LogP contribution is 2.21. The second-order valence-corrected chi connectivity index (χ2v) is 4.73. The molecule has 0 aliphatic heterocycles. The second-order valence-electron chi connectivity index (χ2n) is 3.78. The Bertz CT molecular complexity index is 507. The number of fused-ring (bicyclic) bond motifs is 1. The van der Waals surface area contributed by atoms with Gasteiger partial charge in [0, 0.05) is 23.4 Å². The largest absolute Gasteiger partial charge is 0.351 e. The second kappa shape index (κ2) is 5.80. The molecule has 1 heterocycles. The van der Waals surface area contributed by atoms with Gasteiger partial charge in [-0.2, -0.15) is 0 Å². The highest BCUT2D eigenvalue weighted by atomic mass is 32.1. The van der Waals surface area contributed by atoms with E-state index < -0.39 is 0 Å². The van der Waals surface area contributed by atoms with E-state index in [-0.39, 0.29) is 5.91 Å². The maximum atomic E-state index is 11.8. The van der Waals surface area contributed by atoms with Crippen LogP contribution in [0, 0.1) is 0 Å². The molecule has 0 atom stereocenters. The van der Waals surface area contributed by atoms with Crippen LogP contribution in [-0.2, 0) is 0 Å². The molecule has 0 saturated heterocycles. The van der Waals surface area contributed by atoms with Crippen molar-refractivity contribution in [1.29, 1.82) is 0 Å². The Morgan fingerprint density at radius 1 is 1.29 bits per heavy atom. The zero-order chi connectivity index (χ0) is 12.1. The third-order valence-electron chi connectivity index (χ3n) is 2.55. The molecule has 1 aromatic heterocycles. The van der Waals surface area contributed by atoms with Gasteiger partial charge in [-0.05, 0) is 41.6 Å². The maximum Gasteiger partial charge on any atom is 0.251 e. The lowest BCUT2D eigenvalue weighted by molar-refractivity contribution is 0.0954. The van der Waals surface area contributed by atoms with Crippen molar-refractivity contribution in [3.8, 4) is 0 Å². The minimum atomic E-state index is -0.00370. The summed E-state index contributed by atoms with van der Waals surface area (Å²) in [6.45, 7) is 4.44. The Morgan fingerprint density at radius 2 is 2.18 bits per heavy atom. The predicted molar refractivity (Wildman–Crippen MR) is 72.7 cm³/mol. The Kier molecular flexibility index (Phi) is 4.12. The maximum absolute atomic E-state index is 11.8. The highest BCUT2D eigenvalue weighted by Gasteiger charge is 2.05.